The Morgan fingerprint density at radius 3 is 1.90 bits per heavy atom. The minimum Gasteiger partial charge on any atom is -0.322 e. The van der Waals surface area contributed by atoms with Crippen LogP contribution in [0.25, 0.3) is 0 Å². The average Bonchev–Trinajstić information content (AvgIpc) is 2.02. The zero-order chi connectivity index (χ0) is 7.23. The largest absolute Gasteiger partial charge is 0.322 e. The van der Waals surface area contributed by atoms with Crippen LogP contribution in [0.15, 0.2) is 0 Å². The van der Waals surface area contributed by atoms with E-state index in [1.54, 1.807) is 0 Å². The van der Waals surface area contributed by atoms with Gasteiger partial charge < -0.3 is 9.05 Å². The van der Waals surface area contributed by atoms with Crippen LogP contribution in [-0.2, 0) is 9.05 Å². The van der Waals surface area contributed by atoms with E-state index in [4.69, 9.17) is 20.3 Å². The molecule has 60 valence electrons. The maximum Gasteiger partial charge on any atom is 0.276 e. The molecule has 0 spiro atoms. The summed E-state index contributed by atoms with van der Waals surface area (Å²) in [6, 6.07) is 0. The van der Waals surface area contributed by atoms with Crippen molar-refractivity contribution in [2.75, 3.05) is 13.2 Å². The second-order valence-electron chi connectivity index (χ2n) is 2.29. The molecule has 1 aliphatic heterocycles. The molecule has 0 saturated carbocycles. The van der Waals surface area contributed by atoms with Crippen LogP contribution < -0.4 is 0 Å². The highest BCUT2D eigenvalue weighted by Gasteiger charge is 2.07. The number of hydrogen-bond acceptors (Lipinski definition) is 2. The van der Waals surface area contributed by atoms with Crippen LogP contribution in [0.1, 0.15) is 25.7 Å². The zero-order valence-corrected chi connectivity index (χ0v) is 7.53. The lowest BCUT2D eigenvalue weighted by Gasteiger charge is -2.06. The van der Waals surface area contributed by atoms with Crippen LogP contribution in [0.2, 0.25) is 0 Å². The first-order valence-electron chi connectivity index (χ1n) is 3.61. The molecule has 1 aliphatic rings. The number of halogens is 1. The molecule has 0 aliphatic carbocycles. The Morgan fingerprint density at radius 1 is 0.900 bits per heavy atom. The van der Waals surface area contributed by atoms with E-state index in [2.05, 4.69) is 0 Å². The Labute approximate surface area is 67.6 Å². The van der Waals surface area contributed by atoms with Gasteiger partial charge in [-0.2, -0.15) is 0 Å². The van der Waals surface area contributed by atoms with Gasteiger partial charge in [0, 0.05) is 0 Å². The summed E-state index contributed by atoms with van der Waals surface area (Å²) in [6.07, 6.45) is 4.72. The molecular formula is C6H12ClO2P. The molecule has 0 unspecified atom stereocenters. The Bertz CT molecular complexity index is 81.8. The van der Waals surface area contributed by atoms with Gasteiger partial charge in [-0.25, -0.2) is 0 Å². The van der Waals surface area contributed by atoms with Gasteiger partial charge in [0.05, 0.1) is 13.2 Å². The quantitative estimate of drug-likeness (QED) is 0.536. The van der Waals surface area contributed by atoms with E-state index in [1.807, 2.05) is 0 Å². The Kier molecular flexibility index (Phi) is 4.64. The van der Waals surface area contributed by atoms with Gasteiger partial charge in [-0.15, -0.1) is 0 Å². The van der Waals surface area contributed by atoms with Crippen LogP contribution in [0.3, 0.4) is 0 Å². The predicted molar refractivity (Wildman–Crippen MR) is 43.1 cm³/mol. The van der Waals surface area contributed by atoms with Gasteiger partial charge in [-0.3, -0.25) is 0 Å². The van der Waals surface area contributed by atoms with Crippen molar-refractivity contribution in [3.8, 4) is 0 Å². The molecule has 0 aromatic rings. The summed E-state index contributed by atoms with van der Waals surface area (Å²) in [7, 11) is -1.08. The van der Waals surface area contributed by atoms with Gasteiger partial charge in [0.1, 0.15) is 0 Å². The lowest BCUT2D eigenvalue weighted by Crippen LogP contribution is -1.86. The standard InChI is InChI=1S/C6H12ClO2P/c7-10-8-5-3-1-2-4-6-9-10/h1-6H2. The van der Waals surface area contributed by atoms with E-state index in [1.165, 1.54) is 12.8 Å². The lowest BCUT2D eigenvalue weighted by atomic mass is 10.2. The first kappa shape index (κ1) is 8.73. The van der Waals surface area contributed by atoms with Crippen molar-refractivity contribution in [1.29, 1.82) is 0 Å². The van der Waals surface area contributed by atoms with Crippen LogP contribution in [-0.4, -0.2) is 13.2 Å². The van der Waals surface area contributed by atoms with Crippen LogP contribution in [0.4, 0.5) is 0 Å². The van der Waals surface area contributed by atoms with E-state index >= 15 is 0 Å². The maximum atomic E-state index is 5.69. The first-order chi connectivity index (χ1) is 4.89. The first-order valence-corrected chi connectivity index (χ1v) is 5.69. The van der Waals surface area contributed by atoms with E-state index in [0.29, 0.717) is 0 Å². The molecule has 1 heterocycles. The SMILES string of the molecule is ClP1OCCCCCCO1. The molecule has 1 fully saturated rings. The van der Waals surface area contributed by atoms with Crippen molar-refractivity contribution in [1.82, 2.24) is 0 Å². The van der Waals surface area contributed by atoms with Crippen LogP contribution in [0.5, 0.6) is 0 Å². The second kappa shape index (κ2) is 5.31. The Morgan fingerprint density at radius 2 is 1.40 bits per heavy atom. The van der Waals surface area contributed by atoms with Crippen molar-refractivity contribution >= 4 is 19.0 Å². The summed E-state index contributed by atoms with van der Waals surface area (Å²) in [6.45, 7) is 1.52. The molecular weight excluding hydrogens is 170 g/mol. The monoisotopic (exact) mass is 182 g/mol. The normalized spacial score (nSPS) is 24.9. The molecule has 0 amide bonds. The van der Waals surface area contributed by atoms with Crippen molar-refractivity contribution in [2.45, 2.75) is 25.7 Å². The minimum atomic E-state index is -1.08. The van der Waals surface area contributed by atoms with Crippen molar-refractivity contribution in [3.05, 3.63) is 0 Å². The maximum absolute atomic E-state index is 5.69. The van der Waals surface area contributed by atoms with E-state index in [9.17, 15) is 0 Å². The molecule has 10 heavy (non-hydrogen) atoms. The minimum absolute atomic E-state index is 0.759. The number of hydrogen-bond donors (Lipinski definition) is 0. The molecule has 0 N–H and O–H groups in total. The summed E-state index contributed by atoms with van der Waals surface area (Å²) in [5.41, 5.74) is 0. The van der Waals surface area contributed by atoms with Gasteiger partial charge in [0.15, 0.2) is 0 Å². The molecule has 1 saturated heterocycles. The van der Waals surface area contributed by atoms with Crippen molar-refractivity contribution < 1.29 is 9.05 Å². The third-order valence-electron chi connectivity index (χ3n) is 1.42. The fraction of sp³-hybridized carbons (Fsp3) is 1.00. The van der Waals surface area contributed by atoms with Gasteiger partial charge in [-0.05, 0) is 24.1 Å². The molecule has 0 aromatic heterocycles. The Balaban J connectivity index is 2.15. The molecule has 4 heteroatoms. The van der Waals surface area contributed by atoms with E-state index in [-0.39, 0.29) is 0 Å². The molecule has 2 nitrogen and oxygen atoms in total. The fourth-order valence-corrected chi connectivity index (χ4v) is 1.90. The summed E-state index contributed by atoms with van der Waals surface area (Å²) < 4.78 is 10.3. The van der Waals surface area contributed by atoms with Gasteiger partial charge in [-0.1, -0.05) is 12.8 Å². The Hall–Kier alpha value is 0.640. The third kappa shape index (κ3) is 3.72. The van der Waals surface area contributed by atoms with Gasteiger partial charge >= 0.3 is 0 Å². The lowest BCUT2D eigenvalue weighted by molar-refractivity contribution is 0.268. The topological polar surface area (TPSA) is 18.5 Å². The van der Waals surface area contributed by atoms with Crippen LogP contribution >= 0.6 is 19.0 Å². The third-order valence-corrected chi connectivity index (χ3v) is 2.78. The molecule has 0 aromatic carbocycles. The van der Waals surface area contributed by atoms with Crippen molar-refractivity contribution in [2.24, 2.45) is 0 Å². The van der Waals surface area contributed by atoms with Crippen LogP contribution in [0, 0.1) is 0 Å². The summed E-state index contributed by atoms with van der Waals surface area (Å²) >= 11 is 5.69. The van der Waals surface area contributed by atoms with E-state index in [0.717, 1.165) is 26.1 Å². The average molecular weight is 183 g/mol. The predicted octanol–water partition coefficient (Wildman–Crippen LogP) is 3.06. The summed E-state index contributed by atoms with van der Waals surface area (Å²) in [5, 5.41) is 0. The highest BCUT2D eigenvalue weighted by molar-refractivity contribution is 7.76. The summed E-state index contributed by atoms with van der Waals surface area (Å²) in [4.78, 5) is 0. The summed E-state index contributed by atoms with van der Waals surface area (Å²) in [5.74, 6) is 0. The highest BCUT2D eigenvalue weighted by Crippen LogP contribution is 2.44. The van der Waals surface area contributed by atoms with Gasteiger partial charge in [0.2, 0.25) is 0 Å². The fourth-order valence-electron chi connectivity index (χ4n) is 0.868. The highest BCUT2D eigenvalue weighted by atomic mass is 35.7. The number of rotatable bonds is 0. The molecule has 0 radical (unpaired) electrons. The van der Waals surface area contributed by atoms with Crippen molar-refractivity contribution in [3.63, 3.8) is 0 Å². The smallest absolute Gasteiger partial charge is 0.276 e. The zero-order valence-electron chi connectivity index (χ0n) is 5.88. The van der Waals surface area contributed by atoms with Gasteiger partial charge in [0.25, 0.3) is 7.73 Å². The molecule has 0 atom stereocenters. The van der Waals surface area contributed by atoms with E-state index < -0.39 is 7.73 Å². The second-order valence-corrected chi connectivity index (χ2v) is 4.06. The molecule has 1 rings (SSSR count). The molecule has 0 bridgehead atoms.